The predicted octanol–water partition coefficient (Wildman–Crippen LogP) is 2.49. The molecule has 1 aromatic heterocycles. The summed E-state index contributed by atoms with van der Waals surface area (Å²) < 4.78 is 28.1. The van der Waals surface area contributed by atoms with Crippen LogP contribution in [0.5, 0.6) is 0 Å². The first kappa shape index (κ1) is 14.6. The SMILES string of the molecule is CC(C)(C)NCc1ncnn1Cc1ccc(F)cc1F. The largest absolute Gasteiger partial charge is 0.305 e. The van der Waals surface area contributed by atoms with Gasteiger partial charge in [0.2, 0.25) is 0 Å². The standard InChI is InChI=1S/C14H18F2N4/c1-14(2,3)18-7-13-17-9-19-20(13)8-10-4-5-11(15)6-12(10)16/h4-6,9,18H,7-8H2,1-3H3. The lowest BCUT2D eigenvalue weighted by Crippen LogP contribution is -2.36. The molecule has 1 aromatic carbocycles. The topological polar surface area (TPSA) is 42.7 Å². The monoisotopic (exact) mass is 280 g/mol. The van der Waals surface area contributed by atoms with Crippen LogP contribution in [0.4, 0.5) is 8.78 Å². The summed E-state index contributed by atoms with van der Waals surface area (Å²) in [5.41, 5.74) is 0.340. The highest BCUT2D eigenvalue weighted by atomic mass is 19.1. The predicted molar refractivity (Wildman–Crippen MR) is 72.1 cm³/mol. The smallest absolute Gasteiger partial charge is 0.141 e. The van der Waals surface area contributed by atoms with Gasteiger partial charge in [-0.15, -0.1) is 0 Å². The van der Waals surface area contributed by atoms with Crippen LogP contribution in [-0.4, -0.2) is 20.3 Å². The van der Waals surface area contributed by atoms with Crippen LogP contribution in [0.2, 0.25) is 0 Å². The van der Waals surface area contributed by atoms with E-state index in [1.54, 1.807) is 4.68 Å². The number of benzene rings is 1. The molecule has 0 bridgehead atoms. The summed E-state index contributed by atoms with van der Waals surface area (Å²) in [6.07, 6.45) is 1.43. The number of rotatable bonds is 4. The van der Waals surface area contributed by atoms with Crippen molar-refractivity contribution in [3.63, 3.8) is 0 Å². The molecule has 0 atom stereocenters. The van der Waals surface area contributed by atoms with Crippen molar-refractivity contribution in [3.8, 4) is 0 Å². The fraction of sp³-hybridized carbons (Fsp3) is 0.429. The molecule has 1 heterocycles. The second-order valence-electron chi connectivity index (χ2n) is 5.67. The third-order valence-electron chi connectivity index (χ3n) is 2.81. The molecular formula is C14H18F2N4. The Morgan fingerprint density at radius 2 is 2.00 bits per heavy atom. The molecule has 0 aliphatic rings. The van der Waals surface area contributed by atoms with Gasteiger partial charge in [0.05, 0.1) is 13.1 Å². The lowest BCUT2D eigenvalue weighted by molar-refractivity contribution is 0.409. The van der Waals surface area contributed by atoms with E-state index < -0.39 is 11.6 Å². The molecule has 108 valence electrons. The van der Waals surface area contributed by atoms with Gasteiger partial charge in [-0.05, 0) is 26.8 Å². The lowest BCUT2D eigenvalue weighted by Gasteiger charge is -2.20. The molecule has 0 spiro atoms. The van der Waals surface area contributed by atoms with E-state index in [2.05, 4.69) is 15.4 Å². The quantitative estimate of drug-likeness (QED) is 0.935. The minimum absolute atomic E-state index is 0.0437. The Morgan fingerprint density at radius 1 is 1.25 bits per heavy atom. The van der Waals surface area contributed by atoms with Crippen molar-refractivity contribution in [1.82, 2.24) is 20.1 Å². The molecule has 0 aliphatic carbocycles. The number of hydrogen-bond donors (Lipinski definition) is 1. The molecule has 0 fully saturated rings. The van der Waals surface area contributed by atoms with Crippen LogP contribution >= 0.6 is 0 Å². The molecule has 0 aliphatic heterocycles. The van der Waals surface area contributed by atoms with E-state index in [9.17, 15) is 8.78 Å². The van der Waals surface area contributed by atoms with Crippen molar-refractivity contribution in [2.75, 3.05) is 0 Å². The maximum Gasteiger partial charge on any atom is 0.141 e. The lowest BCUT2D eigenvalue weighted by atomic mass is 10.1. The molecule has 1 N–H and O–H groups in total. The Bertz CT molecular complexity index is 587. The third-order valence-corrected chi connectivity index (χ3v) is 2.81. The van der Waals surface area contributed by atoms with Gasteiger partial charge in [0.25, 0.3) is 0 Å². The highest BCUT2D eigenvalue weighted by molar-refractivity contribution is 5.18. The average Bonchev–Trinajstić information content (AvgIpc) is 2.77. The molecule has 0 saturated heterocycles. The number of aromatic nitrogens is 3. The van der Waals surface area contributed by atoms with E-state index in [0.29, 0.717) is 17.9 Å². The van der Waals surface area contributed by atoms with Gasteiger partial charge in [-0.25, -0.2) is 18.4 Å². The van der Waals surface area contributed by atoms with Crippen molar-refractivity contribution < 1.29 is 8.78 Å². The van der Waals surface area contributed by atoms with Crippen molar-refractivity contribution in [1.29, 1.82) is 0 Å². The van der Waals surface area contributed by atoms with Crippen LogP contribution in [0, 0.1) is 11.6 Å². The molecular weight excluding hydrogens is 262 g/mol. The van der Waals surface area contributed by atoms with Gasteiger partial charge in [0, 0.05) is 17.2 Å². The summed E-state index contributed by atoms with van der Waals surface area (Å²) in [7, 11) is 0. The van der Waals surface area contributed by atoms with Gasteiger partial charge in [-0.2, -0.15) is 5.10 Å². The zero-order valence-electron chi connectivity index (χ0n) is 11.8. The fourth-order valence-electron chi connectivity index (χ4n) is 1.71. The number of nitrogens with one attached hydrogen (secondary N) is 1. The molecule has 4 nitrogen and oxygen atoms in total. The first-order chi connectivity index (χ1) is 9.35. The van der Waals surface area contributed by atoms with Crippen molar-refractivity contribution in [3.05, 3.63) is 47.5 Å². The fourth-order valence-corrected chi connectivity index (χ4v) is 1.71. The molecule has 0 unspecified atom stereocenters. The molecule has 20 heavy (non-hydrogen) atoms. The van der Waals surface area contributed by atoms with Crippen LogP contribution in [0.1, 0.15) is 32.2 Å². The molecule has 2 rings (SSSR count). The minimum atomic E-state index is -0.584. The van der Waals surface area contributed by atoms with E-state index in [-0.39, 0.29) is 12.1 Å². The summed E-state index contributed by atoms with van der Waals surface area (Å²) in [5, 5.41) is 7.38. The van der Waals surface area contributed by atoms with Crippen LogP contribution in [0.25, 0.3) is 0 Å². The van der Waals surface area contributed by atoms with Crippen LogP contribution in [-0.2, 0) is 13.1 Å². The van der Waals surface area contributed by atoms with Crippen LogP contribution < -0.4 is 5.32 Å². The van der Waals surface area contributed by atoms with Gasteiger partial charge in [-0.3, -0.25) is 0 Å². The minimum Gasteiger partial charge on any atom is -0.305 e. The number of hydrogen-bond acceptors (Lipinski definition) is 3. The van der Waals surface area contributed by atoms with Gasteiger partial charge < -0.3 is 5.32 Å². The number of halogens is 2. The second-order valence-corrected chi connectivity index (χ2v) is 5.67. The van der Waals surface area contributed by atoms with E-state index in [1.807, 2.05) is 20.8 Å². The normalized spacial score (nSPS) is 11.8. The maximum absolute atomic E-state index is 13.6. The van der Waals surface area contributed by atoms with Crippen molar-refractivity contribution in [2.24, 2.45) is 0 Å². The molecule has 0 radical (unpaired) electrons. The van der Waals surface area contributed by atoms with Gasteiger partial charge in [-0.1, -0.05) is 6.07 Å². The number of nitrogens with zero attached hydrogens (tertiary/aromatic N) is 3. The first-order valence-electron chi connectivity index (χ1n) is 6.41. The summed E-state index contributed by atoms with van der Waals surface area (Å²) in [6, 6.07) is 3.54. The Morgan fingerprint density at radius 3 is 2.65 bits per heavy atom. The zero-order chi connectivity index (χ0) is 14.8. The van der Waals surface area contributed by atoms with E-state index in [4.69, 9.17) is 0 Å². The van der Waals surface area contributed by atoms with Gasteiger partial charge in [0.1, 0.15) is 23.8 Å². The Kier molecular flexibility index (Phi) is 4.13. The average molecular weight is 280 g/mol. The summed E-state index contributed by atoms with van der Waals surface area (Å²) in [6.45, 7) is 6.91. The van der Waals surface area contributed by atoms with Crippen LogP contribution in [0.3, 0.4) is 0 Å². The molecule has 2 aromatic rings. The van der Waals surface area contributed by atoms with E-state index in [0.717, 1.165) is 6.07 Å². The highest BCUT2D eigenvalue weighted by Crippen LogP contribution is 2.12. The van der Waals surface area contributed by atoms with Gasteiger partial charge >= 0.3 is 0 Å². The second kappa shape index (κ2) is 5.66. The third kappa shape index (κ3) is 3.84. The van der Waals surface area contributed by atoms with Gasteiger partial charge in [0.15, 0.2) is 0 Å². The summed E-state index contributed by atoms with van der Waals surface area (Å²) in [5.74, 6) is -0.446. The summed E-state index contributed by atoms with van der Waals surface area (Å²) >= 11 is 0. The molecule has 0 amide bonds. The summed E-state index contributed by atoms with van der Waals surface area (Å²) in [4.78, 5) is 4.16. The Hall–Kier alpha value is -1.82. The molecule has 0 saturated carbocycles. The molecule has 6 heteroatoms. The maximum atomic E-state index is 13.6. The highest BCUT2D eigenvalue weighted by Gasteiger charge is 2.13. The van der Waals surface area contributed by atoms with E-state index >= 15 is 0 Å². The van der Waals surface area contributed by atoms with Crippen LogP contribution in [0.15, 0.2) is 24.5 Å². The Balaban J connectivity index is 2.12. The van der Waals surface area contributed by atoms with E-state index in [1.165, 1.54) is 18.5 Å². The Labute approximate surface area is 116 Å². The first-order valence-corrected chi connectivity index (χ1v) is 6.41. The van der Waals surface area contributed by atoms with Crippen molar-refractivity contribution >= 4 is 0 Å². The zero-order valence-corrected chi connectivity index (χ0v) is 11.8. The van der Waals surface area contributed by atoms with Crippen molar-refractivity contribution in [2.45, 2.75) is 39.4 Å².